The predicted molar refractivity (Wildman–Crippen MR) is 103 cm³/mol. The number of esters is 1. The van der Waals surface area contributed by atoms with Gasteiger partial charge in [-0.1, -0.05) is 41.9 Å². The lowest BCUT2D eigenvalue weighted by Crippen LogP contribution is -2.21. The van der Waals surface area contributed by atoms with Crippen LogP contribution in [0.5, 0.6) is 0 Å². The van der Waals surface area contributed by atoms with E-state index in [0.717, 1.165) is 17.7 Å². The molecule has 29 heavy (non-hydrogen) atoms. The minimum Gasteiger partial charge on any atom is -0.452 e. The Morgan fingerprint density at radius 2 is 1.86 bits per heavy atom. The molecule has 0 spiro atoms. The maximum atomic E-state index is 13.2. The fraction of sp³-hybridized carbons (Fsp3) is 0.150. The molecule has 0 atom stereocenters. The minimum atomic E-state index is -1.10. The fourth-order valence-corrected chi connectivity index (χ4v) is 2.93. The summed E-state index contributed by atoms with van der Waals surface area (Å²) < 4.78 is 32.5. The molecule has 0 bridgehead atoms. The van der Waals surface area contributed by atoms with Crippen molar-refractivity contribution in [2.75, 3.05) is 11.9 Å². The Morgan fingerprint density at radius 3 is 2.55 bits per heavy atom. The van der Waals surface area contributed by atoms with Crippen LogP contribution in [0.1, 0.15) is 21.6 Å². The highest BCUT2D eigenvalue weighted by Crippen LogP contribution is 2.22. The zero-order valence-electron chi connectivity index (χ0n) is 15.3. The van der Waals surface area contributed by atoms with E-state index in [4.69, 9.17) is 16.3 Å². The molecule has 0 saturated heterocycles. The van der Waals surface area contributed by atoms with Crippen LogP contribution in [-0.4, -0.2) is 28.3 Å². The number of aryl methyl sites for hydroxylation is 1. The first-order valence-electron chi connectivity index (χ1n) is 8.54. The van der Waals surface area contributed by atoms with Crippen molar-refractivity contribution in [2.45, 2.75) is 13.5 Å². The van der Waals surface area contributed by atoms with E-state index >= 15 is 0 Å². The highest BCUT2D eigenvalue weighted by molar-refractivity contribution is 6.32. The van der Waals surface area contributed by atoms with Gasteiger partial charge >= 0.3 is 5.97 Å². The van der Waals surface area contributed by atoms with Crippen LogP contribution in [0.2, 0.25) is 5.15 Å². The van der Waals surface area contributed by atoms with Crippen molar-refractivity contribution in [1.82, 2.24) is 9.78 Å². The van der Waals surface area contributed by atoms with Crippen molar-refractivity contribution < 1.29 is 23.1 Å². The van der Waals surface area contributed by atoms with Crippen LogP contribution in [0.3, 0.4) is 0 Å². The molecule has 0 unspecified atom stereocenters. The number of carbonyl (C=O) groups excluding carboxylic acids is 2. The molecule has 0 radical (unpaired) electrons. The number of amides is 1. The molecule has 2 aromatic carbocycles. The number of nitrogens with zero attached hydrogens (tertiary/aromatic N) is 2. The smallest absolute Gasteiger partial charge is 0.343 e. The number of nitrogens with one attached hydrogen (secondary N) is 1. The zero-order valence-corrected chi connectivity index (χ0v) is 16.0. The molecular formula is C20H16ClF2N3O3. The first-order valence-corrected chi connectivity index (χ1v) is 8.92. The molecule has 1 heterocycles. The van der Waals surface area contributed by atoms with E-state index in [9.17, 15) is 18.4 Å². The molecule has 0 fully saturated rings. The van der Waals surface area contributed by atoms with E-state index in [0.29, 0.717) is 12.2 Å². The lowest BCUT2D eigenvalue weighted by molar-refractivity contribution is -0.119. The van der Waals surface area contributed by atoms with Crippen molar-refractivity contribution in [1.29, 1.82) is 0 Å². The van der Waals surface area contributed by atoms with Crippen LogP contribution in [0.25, 0.3) is 0 Å². The molecule has 3 rings (SSSR count). The van der Waals surface area contributed by atoms with Gasteiger partial charge < -0.3 is 10.1 Å². The number of rotatable bonds is 6. The highest BCUT2D eigenvalue weighted by atomic mass is 35.5. The van der Waals surface area contributed by atoms with Gasteiger partial charge in [-0.15, -0.1) is 0 Å². The van der Waals surface area contributed by atoms with Crippen LogP contribution < -0.4 is 5.32 Å². The van der Waals surface area contributed by atoms with Gasteiger partial charge in [0, 0.05) is 11.8 Å². The standard InChI is InChI=1S/C20H16ClF2N3O3/c1-12-18(19(21)26(25-12)10-13-5-3-2-4-6-13)20(28)29-11-17(27)24-14-7-8-15(22)16(23)9-14/h2-9H,10-11H2,1H3,(H,24,27). The van der Waals surface area contributed by atoms with Gasteiger partial charge in [0.1, 0.15) is 10.7 Å². The maximum absolute atomic E-state index is 13.2. The quantitative estimate of drug-likeness (QED) is 0.614. The summed E-state index contributed by atoms with van der Waals surface area (Å²) >= 11 is 6.27. The number of carbonyl (C=O) groups is 2. The van der Waals surface area contributed by atoms with Crippen LogP contribution in [0, 0.1) is 18.6 Å². The second-order valence-electron chi connectivity index (χ2n) is 6.15. The van der Waals surface area contributed by atoms with Crippen LogP contribution in [0.4, 0.5) is 14.5 Å². The Labute approximate surface area is 170 Å². The molecule has 0 aliphatic rings. The molecule has 3 aromatic rings. The average molecular weight is 420 g/mol. The Balaban J connectivity index is 1.63. The number of anilines is 1. The van der Waals surface area contributed by atoms with Gasteiger partial charge in [-0.2, -0.15) is 5.10 Å². The first kappa shape index (κ1) is 20.5. The lowest BCUT2D eigenvalue weighted by atomic mass is 10.2. The molecule has 0 aliphatic carbocycles. The number of halogens is 3. The van der Waals surface area contributed by atoms with Crippen LogP contribution in [-0.2, 0) is 16.1 Å². The Kier molecular flexibility index (Phi) is 6.23. The van der Waals surface area contributed by atoms with Crippen molar-refractivity contribution in [3.05, 3.63) is 82.1 Å². The number of aromatic nitrogens is 2. The molecular weight excluding hydrogens is 404 g/mol. The number of benzene rings is 2. The summed E-state index contributed by atoms with van der Waals surface area (Å²) in [4.78, 5) is 24.3. The van der Waals surface area contributed by atoms with Gasteiger partial charge in [0.2, 0.25) is 0 Å². The van der Waals surface area contributed by atoms with Gasteiger partial charge in [-0.05, 0) is 24.6 Å². The maximum Gasteiger partial charge on any atom is 0.343 e. The van der Waals surface area contributed by atoms with Crippen molar-refractivity contribution >= 4 is 29.2 Å². The van der Waals surface area contributed by atoms with Gasteiger partial charge in [-0.3, -0.25) is 4.79 Å². The van der Waals surface area contributed by atoms with Gasteiger partial charge in [0.25, 0.3) is 5.91 Å². The summed E-state index contributed by atoms with van der Waals surface area (Å²) in [5.41, 5.74) is 1.40. The molecule has 150 valence electrons. The monoisotopic (exact) mass is 419 g/mol. The molecule has 6 nitrogen and oxygen atoms in total. The number of hydrogen-bond acceptors (Lipinski definition) is 4. The van der Waals surface area contributed by atoms with Gasteiger partial charge in [-0.25, -0.2) is 18.3 Å². The summed E-state index contributed by atoms with van der Waals surface area (Å²) in [5.74, 6) is -3.66. The highest BCUT2D eigenvalue weighted by Gasteiger charge is 2.22. The molecule has 9 heteroatoms. The summed E-state index contributed by atoms with van der Waals surface area (Å²) in [6.45, 7) is 1.34. The average Bonchev–Trinajstić information content (AvgIpc) is 2.97. The predicted octanol–water partition coefficient (Wildman–Crippen LogP) is 3.97. The van der Waals surface area contributed by atoms with Gasteiger partial charge in [0.15, 0.2) is 18.2 Å². The topological polar surface area (TPSA) is 73.2 Å². The number of ether oxygens (including phenoxy) is 1. The van der Waals surface area contributed by atoms with E-state index in [2.05, 4.69) is 10.4 Å². The van der Waals surface area contributed by atoms with Crippen molar-refractivity contribution in [3.63, 3.8) is 0 Å². The normalized spacial score (nSPS) is 10.6. The SMILES string of the molecule is Cc1nn(Cc2ccccc2)c(Cl)c1C(=O)OCC(=O)Nc1ccc(F)c(F)c1. The third-order valence-electron chi connectivity index (χ3n) is 3.98. The van der Waals surface area contributed by atoms with Gasteiger partial charge in [0.05, 0.1) is 12.2 Å². The first-order chi connectivity index (χ1) is 13.8. The summed E-state index contributed by atoms with van der Waals surface area (Å²) in [5, 5.41) is 6.65. The van der Waals surface area contributed by atoms with Crippen LogP contribution in [0.15, 0.2) is 48.5 Å². The minimum absolute atomic E-state index is 0.0369. The third-order valence-corrected chi connectivity index (χ3v) is 4.37. The zero-order chi connectivity index (χ0) is 21.0. The third kappa shape index (κ3) is 4.97. The summed E-state index contributed by atoms with van der Waals surface area (Å²) in [7, 11) is 0. The Bertz CT molecular complexity index is 1050. The van der Waals surface area contributed by atoms with E-state index in [1.165, 1.54) is 10.7 Å². The second-order valence-corrected chi connectivity index (χ2v) is 6.51. The largest absolute Gasteiger partial charge is 0.452 e. The number of hydrogen-bond donors (Lipinski definition) is 1. The van der Waals surface area contributed by atoms with Crippen molar-refractivity contribution in [2.24, 2.45) is 0 Å². The van der Waals surface area contributed by atoms with Crippen molar-refractivity contribution in [3.8, 4) is 0 Å². The van der Waals surface area contributed by atoms with Crippen LogP contribution >= 0.6 is 11.6 Å². The fourth-order valence-electron chi connectivity index (χ4n) is 2.62. The Morgan fingerprint density at radius 1 is 1.14 bits per heavy atom. The molecule has 1 aromatic heterocycles. The van der Waals surface area contributed by atoms with E-state index in [1.54, 1.807) is 6.92 Å². The summed E-state index contributed by atoms with van der Waals surface area (Å²) in [6.07, 6.45) is 0. The summed E-state index contributed by atoms with van der Waals surface area (Å²) in [6, 6.07) is 12.3. The van der Waals surface area contributed by atoms with E-state index in [1.807, 2.05) is 30.3 Å². The second kappa shape index (κ2) is 8.83. The molecule has 0 saturated carbocycles. The molecule has 1 N–H and O–H groups in total. The lowest BCUT2D eigenvalue weighted by Gasteiger charge is -2.07. The Hall–Kier alpha value is -3.26. The molecule has 0 aliphatic heterocycles. The van der Waals surface area contributed by atoms with E-state index < -0.39 is 30.1 Å². The van der Waals surface area contributed by atoms with E-state index in [-0.39, 0.29) is 16.4 Å². The molecule has 1 amide bonds.